The van der Waals surface area contributed by atoms with Gasteiger partial charge in [0, 0.05) is 6.04 Å². The second-order valence-corrected chi connectivity index (χ2v) is 6.99. The summed E-state index contributed by atoms with van der Waals surface area (Å²) in [6.45, 7) is 2.40. The van der Waals surface area contributed by atoms with Gasteiger partial charge in [0.2, 0.25) is 0 Å². The number of hydrogen-bond acceptors (Lipinski definition) is 1. The smallest absolute Gasteiger partial charge is 0.0349 e. The van der Waals surface area contributed by atoms with Crippen LogP contribution in [-0.4, -0.2) is 0 Å². The lowest BCUT2D eigenvalue weighted by Crippen LogP contribution is -2.34. The Kier molecular flexibility index (Phi) is 3.66. The van der Waals surface area contributed by atoms with Crippen LogP contribution in [0.5, 0.6) is 0 Å². The van der Waals surface area contributed by atoms with Crippen LogP contribution < -0.4 is 5.73 Å². The summed E-state index contributed by atoms with van der Waals surface area (Å²) in [6, 6.07) is 9.37. The molecule has 2 aliphatic rings. The number of hydrogen-bond donors (Lipinski definition) is 1. The SMILES string of the molecule is CC1(C(N)c2cccc(C3CCC3)c2)CCCCC1. The third-order valence-corrected chi connectivity index (χ3v) is 5.59. The fourth-order valence-electron chi connectivity index (χ4n) is 3.82. The Morgan fingerprint density at radius 2 is 1.84 bits per heavy atom. The third-order valence-electron chi connectivity index (χ3n) is 5.59. The predicted molar refractivity (Wildman–Crippen MR) is 81.2 cm³/mol. The van der Waals surface area contributed by atoms with Gasteiger partial charge < -0.3 is 5.73 Å². The van der Waals surface area contributed by atoms with Crippen LogP contribution in [0.4, 0.5) is 0 Å². The van der Waals surface area contributed by atoms with E-state index in [1.807, 2.05) is 0 Å². The highest BCUT2D eigenvalue weighted by Gasteiger charge is 2.34. The van der Waals surface area contributed by atoms with Gasteiger partial charge in [-0.3, -0.25) is 0 Å². The van der Waals surface area contributed by atoms with Crippen molar-refractivity contribution in [2.75, 3.05) is 0 Å². The van der Waals surface area contributed by atoms with Crippen LogP contribution in [0, 0.1) is 5.41 Å². The van der Waals surface area contributed by atoms with Crippen molar-refractivity contribution in [1.82, 2.24) is 0 Å². The molecule has 0 spiro atoms. The van der Waals surface area contributed by atoms with Crippen molar-refractivity contribution in [3.8, 4) is 0 Å². The quantitative estimate of drug-likeness (QED) is 0.816. The lowest BCUT2D eigenvalue weighted by Gasteiger charge is -2.39. The molecule has 0 radical (unpaired) electrons. The van der Waals surface area contributed by atoms with E-state index in [0.717, 1.165) is 5.92 Å². The van der Waals surface area contributed by atoms with E-state index in [-0.39, 0.29) is 6.04 Å². The third kappa shape index (κ3) is 2.58. The molecule has 19 heavy (non-hydrogen) atoms. The lowest BCUT2D eigenvalue weighted by molar-refractivity contribution is 0.170. The van der Waals surface area contributed by atoms with E-state index < -0.39 is 0 Å². The number of nitrogens with two attached hydrogens (primary N) is 1. The van der Waals surface area contributed by atoms with E-state index in [0.29, 0.717) is 5.41 Å². The molecule has 2 saturated carbocycles. The molecule has 2 N–H and O–H groups in total. The van der Waals surface area contributed by atoms with Crippen molar-refractivity contribution in [3.05, 3.63) is 35.4 Å². The molecule has 1 aromatic rings. The van der Waals surface area contributed by atoms with Gasteiger partial charge in [-0.15, -0.1) is 0 Å². The van der Waals surface area contributed by atoms with E-state index >= 15 is 0 Å². The number of rotatable bonds is 3. The van der Waals surface area contributed by atoms with Crippen LogP contribution in [0.2, 0.25) is 0 Å². The molecular formula is C18H27N. The molecule has 1 aromatic carbocycles. The van der Waals surface area contributed by atoms with Gasteiger partial charge in [-0.1, -0.05) is 56.9 Å². The van der Waals surface area contributed by atoms with Crippen molar-refractivity contribution < 1.29 is 0 Å². The molecule has 104 valence electrons. The molecule has 0 aromatic heterocycles. The Bertz CT molecular complexity index is 427. The minimum absolute atomic E-state index is 0.216. The molecule has 1 atom stereocenters. The first-order valence-electron chi connectivity index (χ1n) is 8.04. The van der Waals surface area contributed by atoms with Crippen molar-refractivity contribution >= 4 is 0 Å². The fraction of sp³-hybridized carbons (Fsp3) is 0.667. The minimum atomic E-state index is 0.216. The molecule has 1 unspecified atom stereocenters. The monoisotopic (exact) mass is 257 g/mol. The zero-order chi connectivity index (χ0) is 13.3. The second kappa shape index (κ2) is 5.28. The van der Waals surface area contributed by atoms with Crippen LogP contribution in [-0.2, 0) is 0 Å². The predicted octanol–water partition coefficient (Wildman–Crippen LogP) is 4.92. The average molecular weight is 257 g/mol. The van der Waals surface area contributed by atoms with Gasteiger partial charge in [-0.05, 0) is 48.1 Å². The minimum Gasteiger partial charge on any atom is -0.323 e. The molecule has 0 saturated heterocycles. The average Bonchev–Trinajstić information content (AvgIpc) is 2.37. The number of benzene rings is 1. The first kappa shape index (κ1) is 13.2. The summed E-state index contributed by atoms with van der Waals surface area (Å²) in [6.07, 6.45) is 10.8. The highest BCUT2D eigenvalue weighted by Crippen LogP contribution is 2.45. The maximum absolute atomic E-state index is 6.63. The van der Waals surface area contributed by atoms with Crippen LogP contribution in [0.1, 0.15) is 81.4 Å². The van der Waals surface area contributed by atoms with Gasteiger partial charge >= 0.3 is 0 Å². The Morgan fingerprint density at radius 3 is 2.47 bits per heavy atom. The molecule has 2 fully saturated rings. The summed E-state index contributed by atoms with van der Waals surface area (Å²) in [5, 5.41) is 0. The first-order chi connectivity index (χ1) is 9.19. The van der Waals surface area contributed by atoms with Gasteiger partial charge in [-0.2, -0.15) is 0 Å². The van der Waals surface area contributed by atoms with E-state index in [1.54, 1.807) is 0 Å². The summed E-state index contributed by atoms with van der Waals surface area (Å²) in [4.78, 5) is 0. The Balaban J connectivity index is 1.80. The van der Waals surface area contributed by atoms with Gasteiger partial charge in [0.1, 0.15) is 0 Å². The van der Waals surface area contributed by atoms with Crippen LogP contribution >= 0.6 is 0 Å². The van der Waals surface area contributed by atoms with Gasteiger partial charge in [0.25, 0.3) is 0 Å². The van der Waals surface area contributed by atoms with E-state index in [9.17, 15) is 0 Å². The van der Waals surface area contributed by atoms with Crippen molar-refractivity contribution in [1.29, 1.82) is 0 Å². The summed E-state index contributed by atoms with van der Waals surface area (Å²) in [5.41, 5.74) is 9.84. The normalized spacial score (nSPS) is 24.7. The van der Waals surface area contributed by atoms with Crippen molar-refractivity contribution in [3.63, 3.8) is 0 Å². The topological polar surface area (TPSA) is 26.0 Å². The summed E-state index contributed by atoms with van der Waals surface area (Å²) < 4.78 is 0. The lowest BCUT2D eigenvalue weighted by atomic mass is 9.68. The molecule has 3 rings (SSSR count). The van der Waals surface area contributed by atoms with Crippen LogP contribution in [0.15, 0.2) is 24.3 Å². The molecule has 2 aliphatic carbocycles. The molecular weight excluding hydrogens is 230 g/mol. The van der Waals surface area contributed by atoms with Crippen molar-refractivity contribution in [2.24, 2.45) is 11.1 Å². The van der Waals surface area contributed by atoms with E-state index in [4.69, 9.17) is 5.73 Å². The van der Waals surface area contributed by atoms with Crippen LogP contribution in [0.25, 0.3) is 0 Å². The van der Waals surface area contributed by atoms with Gasteiger partial charge in [-0.25, -0.2) is 0 Å². The van der Waals surface area contributed by atoms with E-state index in [2.05, 4.69) is 31.2 Å². The maximum atomic E-state index is 6.63. The Morgan fingerprint density at radius 1 is 1.11 bits per heavy atom. The largest absolute Gasteiger partial charge is 0.323 e. The maximum Gasteiger partial charge on any atom is 0.0349 e. The highest BCUT2D eigenvalue weighted by molar-refractivity contribution is 5.30. The summed E-state index contributed by atoms with van der Waals surface area (Å²) in [7, 11) is 0. The zero-order valence-electron chi connectivity index (χ0n) is 12.2. The van der Waals surface area contributed by atoms with Gasteiger partial charge in [0.15, 0.2) is 0 Å². The zero-order valence-corrected chi connectivity index (χ0v) is 12.2. The molecule has 1 heteroatoms. The molecule has 1 nitrogen and oxygen atoms in total. The molecule has 0 heterocycles. The highest BCUT2D eigenvalue weighted by atomic mass is 14.7. The van der Waals surface area contributed by atoms with E-state index in [1.165, 1.54) is 62.5 Å². The molecule has 0 aliphatic heterocycles. The summed E-state index contributed by atoms with van der Waals surface area (Å²) >= 11 is 0. The second-order valence-electron chi connectivity index (χ2n) is 6.99. The summed E-state index contributed by atoms with van der Waals surface area (Å²) in [5.74, 6) is 0.811. The van der Waals surface area contributed by atoms with Gasteiger partial charge in [0.05, 0.1) is 0 Å². The Hall–Kier alpha value is -0.820. The molecule has 0 amide bonds. The van der Waals surface area contributed by atoms with Crippen LogP contribution in [0.3, 0.4) is 0 Å². The Labute approximate surface area is 117 Å². The molecule has 0 bridgehead atoms. The fourth-order valence-corrected chi connectivity index (χ4v) is 3.82. The van der Waals surface area contributed by atoms with Crippen molar-refractivity contribution in [2.45, 2.75) is 70.3 Å². The standard InChI is InChI=1S/C18H27N/c1-18(11-3-2-4-12-18)17(19)16-10-6-9-15(13-16)14-7-5-8-14/h6,9-10,13-14,17H,2-5,7-8,11-12,19H2,1H3. The first-order valence-corrected chi connectivity index (χ1v) is 8.04.